The third-order valence-electron chi connectivity index (χ3n) is 4.50. The van der Waals surface area contributed by atoms with Gasteiger partial charge in [0.1, 0.15) is 17.8 Å². The summed E-state index contributed by atoms with van der Waals surface area (Å²) in [4.78, 5) is 23.0. The summed E-state index contributed by atoms with van der Waals surface area (Å²) < 4.78 is 5.36. The maximum Gasteiger partial charge on any atom is 0.312 e. The molecule has 0 aliphatic heterocycles. The van der Waals surface area contributed by atoms with Gasteiger partial charge in [0.25, 0.3) is 5.54 Å². The highest BCUT2D eigenvalue weighted by Crippen LogP contribution is 2.54. The summed E-state index contributed by atoms with van der Waals surface area (Å²) in [5.74, 6) is -0.486. The topological polar surface area (TPSA) is 110 Å². The van der Waals surface area contributed by atoms with Crippen LogP contribution in [0.2, 0.25) is 0 Å². The minimum absolute atomic E-state index is 0.0123. The van der Waals surface area contributed by atoms with Gasteiger partial charge in [-0.1, -0.05) is 0 Å². The van der Waals surface area contributed by atoms with Crippen molar-refractivity contribution in [3.8, 4) is 0 Å². The van der Waals surface area contributed by atoms with E-state index in [1.807, 2.05) is 0 Å². The lowest BCUT2D eigenvalue weighted by atomic mass is 9.54. The van der Waals surface area contributed by atoms with Crippen LogP contribution in [-0.2, 0) is 9.53 Å². The molecule has 7 nitrogen and oxygen atoms in total. The van der Waals surface area contributed by atoms with E-state index in [0.717, 1.165) is 0 Å². The molecule has 0 radical (unpaired) electrons. The largest absolute Gasteiger partial charge is 0.460 e. The zero-order valence-electron chi connectivity index (χ0n) is 12.0. The summed E-state index contributed by atoms with van der Waals surface area (Å²) in [6.07, 6.45) is -2.47. The van der Waals surface area contributed by atoms with Crippen LogP contribution in [-0.4, -0.2) is 44.5 Å². The first-order chi connectivity index (χ1) is 9.03. The van der Waals surface area contributed by atoms with Crippen molar-refractivity contribution in [2.45, 2.75) is 69.8 Å². The lowest BCUT2D eigenvalue weighted by molar-refractivity contribution is -0.609. The molecule has 3 saturated carbocycles. The van der Waals surface area contributed by atoms with Crippen LogP contribution in [0.4, 0.5) is 0 Å². The molecule has 20 heavy (non-hydrogen) atoms. The fourth-order valence-corrected chi connectivity index (χ4v) is 3.37. The number of hydrogen-bond donors (Lipinski definition) is 2. The van der Waals surface area contributed by atoms with Crippen molar-refractivity contribution in [1.29, 1.82) is 0 Å². The van der Waals surface area contributed by atoms with Gasteiger partial charge in [-0.3, -0.25) is 14.9 Å². The van der Waals surface area contributed by atoms with Crippen molar-refractivity contribution in [3.63, 3.8) is 0 Å². The average Bonchev–Trinajstić information content (AvgIpc) is 2.26. The standard InChI is InChI=1S/C13H21NO6/c1-11(2,3)20-10(17)12-4-5-13(14(18)19,8(15)6-12)9(16)7-12/h8-9,15-16H,4-7H2,1-3H3/t8-,9-,12?,13?/m1/s1. The van der Waals surface area contributed by atoms with Crippen LogP contribution in [0.1, 0.15) is 46.5 Å². The van der Waals surface area contributed by atoms with Crippen molar-refractivity contribution in [3.05, 3.63) is 10.1 Å². The number of carbonyl (C=O) groups is 1. The van der Waals surface area contributed by atoms with Crippen LogP contribution in [0.15, 0.2) is 0 Å². The number of ether oxygens (including phenoxy) is 1. The highest BCUT2D eigenvalue weighted by atomic mass is 16.6. The first kappa shape index (κ1) is 15.2. The van der Waals surface area contributed by atoms with Crippen LogP contribution in [0.5, 0.6) is 0 Å². The first-order valence-electron chi connectivity index (χ1n) is 6.78. The van der Waals surface area contributed by atoms with Gasteiger partial charge in [-0.05, 0) is 40.0 Å². The molecule has 3 rings (SSSR count). The fraction of sp³-hybridized carbons (Fsp3) is 0.923. The smallest absolute Gasteiger partial charge is 0.312 e. The molecule has 114 valence electrons. The van der Waals surface area contributed by atoms with Crippen molar-refractivity contribution in [1.82, 2.24) is 0 Å². The summed E-state index contributed by atoms with van der Waals surface area (Å²) in [7, 11) is 0. The first-order valence-corrected chi connectivity index (χ1v) is 6.78. The number of hydrogen-bond acceptors (Lipinski definition) is 6. The van der Waals surface area contributed by atoms with Gasteiger partial charge in [0.05, 0.1) is 5.41 Å². The molecule has 0 spiro atoms. The Morgan fingerprint density at radius 1 is 1.25 bits per heavy atom. The van der Waals surface area contributed by atoms with E-state index in [-0.39, 0.29) is 25.7 Å². The SMILES string of the molecule is CC(C)(C)OC(=O)C12CCC([N+](=O)[O-])([C@H](O)C1)[C@H](O)C2. The predicted molar refractivity (Wildman–Crippen MR) is 68.5 cm³/mol. The molecule has 0 aromatic carbocycles. The maximum atomic E-state index is 12.3. The van der Waals surface area contributed by atoms with Gasteiger partial charge in [0.2, 0.25) is 0 Å². The third-order valence-corrected chi connectivity index (χ3v) is 4.50. The van der Waals surface area contributed by atoms with E-state index in [2.05, 4.69) is 0 Å². The van der Waals surface area contributed by atoms with Gasteiger partial charge < -0.3 is 14.9 Å². The van der Waals surface area contributed by atoms with E-state index in [4.69, 9.17) is 4.74 Å². The Hall–Kier alpha value is -1.21. The lowest BCUT2D eigenvalue weighted by Crippen LogP contribution is -2.69. The summed E-state index contributed by atoms with van der Waals surface area (Å²) in [6.45, 7) is 5.21. The quantitative estimate of drug-likeness (QED) is 0.438. The van der Waals surface area contributed by atoms with Crippen LogP contribution >= 0.6 is 0 Å². The second-order valence-electron chi connectivity index (χ2n) is 6.97. The Kier molecular flexibility index (Phi) is 3.33. The van der Waals surface area contributed by atoms with Crippen molar-refractivity contribution < 1.29 is 24.7 Å². The normalized spacial score (nSPS) is 40.5. The monoisotopic (exact) mass is 287 g/mol. The van der Waals surface area contributed by atoms with Crippen molar-refractivity contribution in [2.75, 3.05) is 0 Å². The van der Waals surface area contributed by atoms with Crippen LogP contribution in [0.25, 0.3) is 0 Å². The zero-order valence-corrected chi connectivity index (χ0v) is 12.0. The molecule has 3 fully saturated rings. The van der Waals surface area contributed by atoms with Gasteiger partial charge >= 0.3 is 5.97 Å². The molecule has 2 atom stereocenters. The fourth-order valence-electron chi connectivity index (χ4n) is 3.37. The summed E-state index contributed by atoms with van der Waals surface area (Å²) in [5.41, 5.74) is -3.41. The number of rotatable bonds is 2. The summed E-state index contributed by atoms with van der Waals surface area (Å²) in [5, 5.41) is 31.4. The van der Waals surface area contributed by atoms with Gasteiger partial charge in [0.15, 0.2) is 0 Å². The molecule has 2 N–H and O–H groups in total. The zero-order chi connectivity index (χ0) is 15.3. The van der Waals surface area contributed by atoms with Crippen LogP contribution in [0, 0.1) is 15.5 Å². The minimum Gasteiger partial charge on any atom is -0.460 e. The molecule has 0 unspecified atom stereocenters. The highest BCUT2D eigenvalue weighted by Gasteiger charge is 2.69. The number of nitro groups is 1. The Balaban J connectivity index is 2.27. The molecule has 7 heteroatoms. The molecular formula is C13H21NO6. The molecule has 0 heterocycles. The number of aliphatic hydroxyl groups is 2. The van der Waals surface area contributed by atoms with Gasteiger partial charge in [-0.25, -0.2) is 0 Å². The Bertz CT molecular complexity index is 429. The maximum absolute atomic E-state index is 12.3. The second kappa shape index (κ2) is 4.39. The molecule has 3 aliphatic carbocycles. The number of carbonyl (C=O) groups excluding carboxylic acids is 1. The lowest BCUT2D eigenvalue weighted by Gasteiger charge is -2.52. The van der Waals surface area contributed by atoms with Crippen molar-refractivity contribution in [2.24, 2.45) is 5.41 Å². The van der Waals surface area contributed by atoms with E-state index in [0.29, 0.717) is 0 Å². The third kappa shape index (κ3) is 2.09. The van der Waals surface area contributed by atoms with Gasteiger partial charge in [-0.2, -0.15) is 0 Å². The second-order valence-corrected chi connectivity index (χ2v) is 6.97. The molecule has 2 bridgehead atoms. The minimum atomic E-state index is -1.73. The Labute approximate surface area is 117 Å². The van der Waals surface area contributed by atoms with E-state index in [1.165, 1.54) is 0 Å². The van der Waals surface area contributed by atoms with E-state index < -0.39 is 39.7 Å². The Morgan fingerprint density at radius 2 is 1.75 bits per heavy atom. The number of aliphatic hydroxyl groups excluding tert-OH is 2. The molecule has 0 aromatic rings. The number of fused-ring (bicyclic) bond motifs is 3. The molecule has 0 aromatic heterocycles. The van der Waals surface area contributed by atoms with Gasteiger partial charge in [-0.15, -0.1) is 0 Å². The van der Waals surface area contributed by atoms with Gasteiger partial charge in [0, 0.05) is 11.3 Å². The number of nitrogens with zero attached hydrogens (tertiary/aromatic N) is 1. The van der Waals surface area contributed by atoms with E-state index in [1.54, 1.807) is 20.8 Å². The predicted octanol–water partition coefficient (Wildman–Crippen LogP) is 0.639. The Morgan fingerprint density at radius 3 is 2.10 bits per heavy atom. The van der Waals surface area contributed by atoms with Crippen molar-refractivity contribution >= 4 is 5.97 Å². The summed E-state index contributed by atoms with van der Waals surface area (Å²) >= 11 is 0. The van der Waals surface area contributed by atoms with Crippen LogP contribution < -0.4 is 0 Å². The highest BCUT2D eigenvalue weighted by molar-refractivity contribution is 5.78. The average molecular weight is 287 g/mol. The van der Waals surface area contributed by atoms with E-state index in [9.17, 15) is 25.1 Å². The van der Waals surface area contributed by atoms with Crippen LogP contribution in [0.3, 0.4) is 0 Å². The number of esters is 1. The van der Waals surface area contributed by atoms with E-state index >= 15 is 0 Å². The molecule has 0 saturated heterocycles. The molecule has 0 amide bonds. The summed E-state index contributed by atoms with van der Waals surface area (Å²) in [6, 6.07) is 0. The molecule has 3 aliphatic rings. The molecular weight excluding hydrogens is 266 g/mol.